The average molecular weight is 335 g/mol. The molecule has 1 saturated carbocycles. The van der Waals surface area contributed by atoms with Gasteiger partial charge in [0.1, 0.15) is 0 Å². The zero-order chi connectivity index (χ0) is 13.8. The minimum atomic E-state index is -0.0914. The first-order valence-corrected chi connectivity index (χ1v) is 8.10. The molecule has 0 spiro atoms. The van der Waals surface area contributed by atoms with Gasteiger partial charge in [0, 0.05) is 10.9 Å². The molecular weight excluding hydrogens is 315 g/mol. The van der Waals surface area contributed by atoms with Crippen molar-refractivity contribution < 1.29 is 4.79 Å². The van der Waals surface area contributed by atoms with Gasteiger partial charge in [-0.15, -0.1) is 24.2 Å². The molecule has 0 saturated heterocycles. The summed E-state index contributed by atoms with van der Waals surface area (Å²) in [4.78, 5) is 13.3. The predicted octanol–water partition coefficient (Wildman–Crippen LogP) is 3.34. The Labute approximate surface area is 135 Å². The highest BCUT2D eigenvalue weighted by Gasteiger charge is 2.28. The van der Waals surface area contributed by atoms with Crippen LogP contribution < -0.4 is 11.1 Å². The van der Waals surface area contributed by atoms with E-state index in [9.17, 15) is 4.79 Å². The largest absolute Gasteiger partial charge is 0.349 e. The third kappa shape index (κ3) is 4.04. The maximum absolute atomic E-state index is 12.3. The Kier molecular flexibility index (Phi) is 7.17. The molecule has 1 aromatic rings. The van der Waals surface area contributed by atoms with Crippen molar-refractivity contribution in [3.8, 4) is 0 Å². The minimum Gasteiger partial charge on any atom is -0.349 e. The van der Waals surface area contributed by atoms with Gasteiger partial charge in [-0.2, -0.15) is 0 Å². The lowest BCUT2D eigenvalue weighted by atomic mass is 10.0. The van der Waals surface area contributed by atoms with Gasteiger partial charge in [0.05, 0.1) is 10.6 Å². The Hall–Kier alpha value is -0.420. The van der Waals surface area contributed by atoms with Crippen molar-refractivity contribution in [2.45, 2.75) is 30.2 Å². The molecule has 3 nitrogen and oxygen atoms in total. The number of nitrogens with one attached hydrogen (secondary N) is 1. The first kappa shape index (κ1) is 17.6. The van der Waals surface area contributed by atoms with E-state index in [1.165, 1.54) is 0 Å². The second-order valence-corrected chi connectivity index (χ2v) is 6.14. The molecule has 2 rings (SSSR count). The summed E-state index contributed by atoms with van der Waals surface area (Å²) in [6.07, 6.45) is 5.21. The van der Waals surface area contributed by atoms with Gasteiger partial charge in [-0.25, -0.2) is 0 Å². The monoisotopic (exact) mass is 334 g/mol. The van der Waals surface area contributed by atoms with Crippen LogP contribution in [0.2, 0.25) is 5.02 Å². The maximum atomic E-state index is 12.3. The molecule has 1 aromatic carbocycles. The van der Waals surface area contributed by atoms with E-state index in [-0.39, 0.29) is 24.4 Å². The Balaban J connectivity index is 0.00000200. The highest BCUT2D eigenvalue weighted by molar-refractivity contribution is 7.98. The molecule has 3 N–H and O–H groups in total. The van der Waals surface area contributed by atoms with Crippen molar-refractivity contribution in [2.24, 2.45) is 11.7 Å². The first-order valence-electron chi connectivity index (χ1n) is 6.50. The molecule has 112 valence electrons. The number of carbonyl (C=O) groups excluding carboxylic acids is 1. The quantitative estimate of drug-likeness (QED) is 0.830. The maximum Gasteiger partial charge on any atom is 0.253 e. The van der Waals surface area contributed by atoms with Gasteiger partial charge in [-0.05, 0) is 49.8 Å². The normalized spacial score (nSPS) is 21.4. The van der Waals surface area contributed by atoms with E-state index in [1.807, 2.05) is 18.4 Å². The molecule has 0 radical (unpaired) electrons. The van der Waals surface area contributed by atoms with E-state index in [2.05, 4.69) is 5.32 Å². The zero-order valence-electron chi connectivity index (χ0n) is 11.4. The summed E-state index contributed by atoms with van der Waals surface area (Å²) < 4.78 is 0. The lowest BCUT2D eigenvalue weighted by Gasteiger charge is -2.20. The van der Waals surface area contributed by atoms with Gasteiger partial charge in [-0.1, -0.05) is 18.0 Å². The highest BCUT2D eigenvalue weighted by atomic mass is 35.5. The molecule has 0 bridgehead atoms. The van der Waals surface area contributed by atoms with Crippen LogP contribution in [0.3, 0.4) is 0 Å². The summed E-state index contributed by atoms with van der Waals surface area (Å²) in [6, 6.07) is 5.72. The Morgan fingerprint density at radius 2 is 2.25 bits per heavy atom. The summed E-state index contributed by atoms with van der Waals surface area (Å²) in [6.45, 7) is 0.629. The fraction of sp³-hybridized carbons (Fsp3) is 0.500. The van der Waals surface area contributed by atoms with Gasteiger partial charge in [0.25, 0.3) is 5.91 Å². The number of carbonyl (C=O) groups is 1. The number of amides is 1. The molecule has 2 unspecified atom stereocenters. The summed E-state index contributed by atoms with van der Waals surface area (Å²) in [7, 11) is 0. The molecule has 1 aliphatic carbocycles. The molecule has 0 aromatic heterocycles. The van der Waals surface area contributed by atoms with Crippen LogP contribution in [0.5, 0.6) is 0 Å². The van der Waals surface area contributed by atoms with Crippen molar-refractivity contribution in [3.63, 3.8) is 0 Å². The van der Waals surface area contributed by atoms with Crippen molar-refractivity contribution in [1.82, 2.24) is 5.32 Å². The molecule has 1 amide bonds. The molecule has 2 atom stereocenters. The lowest BCUT2D eigenvalue weighted by Crippen LogP contribution is -2.39. The molecule has 0 aliphatic heterocycles. The van der Waals surface area contributed by atoms with Crippen LogP contribution in [0.25, 0.3) is 0 Å². The summed E-state index contributed by atoms with van der Waals surface area (Å²) >= 11 is 7.71. The fourth-order valence-electron chi connectivity index (χ4n) is 2.56. The van der Waals surface area contributed by atoms with Crippen LogP contribution in [0, 0.1) is 5.92 Å². The molecule has 1 aliphatic rings. The van der Waals surface area contributed by atoms with E-state index in [1.54, 1.807) is 17.8 Å². The van der Waals surface area contributed by atoms with Crippen LogP contribution in [-0.4, -0.2) is 24.7 Å². The summed E-state index contributed by atoms with van der Waals surface area (Å²) in [5.41, 5.74) is 6.29. The first-order chi connectivity index (χ1) is 9.15. The van der Waals surface area contributed by atoms with Crippen molar-refractivity contribution >= 4 is 41.7 Å². The third-order valence-electron chi connectivity index (χ3n) is 3.70. The van der Waals surface area contributed by atoms with Crippen molar-refractivity contribution in [2.75, 3.05) is 12.8 Å². The van der Waals surface area contributed by atoms with Crippen molar-refractivity contribution in [3.05, 3.63) is 28.8 Å². The fourth-order valence-corrected chi connectivity index (χ4v) is 3.20. The third-order valence-corrected chi connectivity index (χ3v) is 4.75. The second kappa shape index (κ2) is 8.13. The number of halogens is 2. The van der Waals surface area contributed by atoms with E-state index >= 15 is 0 Å². The van der Waals surface area contributed by atoms with Gasteiger partial charge in [0.2, 0.25) is 0 Å². The van der Waals surface area contributed by atoms with E-state index in [4.69, 9.17) is 17.3 Å². The Morgan fingerprint density at radius 3 is 2.90 bits per heavy atom. The van der Waals surface area contributed by atoms with Gasteiger partial charge >= 0.3 is 0 Å². The van der Waals surface area contributed by atoms with Gasteiger partial charge in [0.15, 0.2) is 0 Å². The van der Waals surface area contributed by atoms with Crippen LogP contribution in [0.4, 0.5) is 0 Å². The summed E-state index contributed by atoms with van der Waals surface area (Å²) in [5, 5.41) is 3.57. The number of hydrogen-bond donors (Lipinski definition) is 2. The van der Waals surface area contributed by atoms with Crippen LogP contribution in [0.1, 0.15) is 29.6 Å². The second-order valence-electron chi connectivity index (χ2n) is 4.85. The van der Waals surface area contributed by atoms with Crippen LogP contribution >= 0.6 is 35.8 Å². The minimum absolute atomic E-state index is 0. The average Bonchev–Trinajstić information content (AvgIpc) is 2.86. The highest BCUT2D eigenvalue weighted by Crippen LogP contribution is 2.27. The molecular formula is C14H20Cl2N2OS. The van der Waals surface area contributed by atoms with Crippen LogP contribution in [-0.2, 0) is 0 Å². The standard InChI is InChI=1S/C14H19ClN2OS.ClH/c1-19-10-5-6-12(15)11(7-10)14(18)17-13-4-2-3-9(13)8-16;/h5-7,9,13H,2-4,8,16H2,1H3,(H,17,18);1H. The van der Waals surface area contributed by atoms with Gasteiger partial charge in [-0.3, -0.25) is 4.79 Å². The van der Waals surface area contributed by atoms with Gasteiger partial charge < -0.3 is 11.1 Å². The Bertz CT molecular complexity index is 470. The molecule has 0 heterocycles. The zero-order valence-corrected chi connectivity index (χ0v) is 13.8. The SMILES string of the molecule is CSc1ccc(Cl)c(C(=O)NC2CCCC2CN)c1.Cl. The number of benzene rings is 1. The number of thioether (sulfide) groups is 1. The molecule has 20 heavy (non-hydrogen) atoms. The number of nitrogens with two attached hydrogens (primary N) is 1. The van der Waals surface area contributed by atoms with E-state index in [0.717, 1.165) is 24.2 Å². The predicted molar refractivity (Wildman–Crippen MR) is 88.1 cm³/mol. The smallest absolute Gasteiger partial charge is 0.253 e. The van der Waals surface area contributed by atoms with E-state index < -0.39 is 0 Å². The number of rotatable bonds is 4. The Morgan fingerprint density at radius 1 is 1.50 bits per heavy atom. The number of hydrogen-bond acceptors (Lipinski definition) is 3. The molecule has 1 fully saturated rings. The topological polar surface area (TPSA) is 55.1 Å². The van der Waals surface area contributed by atoms with Crippen LogP contribution in [0.15, 0.2) is 23.1 Å². The lowest BCUT2D eigenvalue weighted by molar-refractivity contribution is 0.0928. The van der Waals surface area contributed by atoms with E-state index in [0.29, 0.717) is 23.0 Å². The summed E-state index contributed by atoms with van der Waals surface area (Å²) in [5.74, 6) is 0.303. The molecule has 6 heteroatoms. The van der Waals surface area contributed by atoms with Crippen molar-refractivity contribution in [1.29, 1.82) is 0 Å².